The second-order valence-corrected chi connectivity index (χ2v) is 5.26. The fourth-order valence-electron chi connectivity index (χ4n) is 1.60. The molecule has 0 aliphatic rings. The predicted octanol–water partition coefficient (Wildman–Crippen LogP) is 3.16. The van der Waals surface area contributed by atoms with Crippen molar-refractivity contribution in [2.24, 2.45) is 0 Å². The minimum absolute atomic E-state index is 0.197. The van der Waals surface area contributed by atoms with E-state index in [1.807, 2.05) is 20.8 Å². The van der Waals surface area contributed by atoms with Crippen molar-refractivity contribution in [1.82, 2.24) is 9.97 Å². The molecule has 0 aliphatic carbocycles. The lowest BCUT2D eigenvalue weighted by Gasteiger charge is -2.17. The third kappa shape index (κ3) is 2.64. The summed E-state index contributed by atoms with van der Waals surface area (Å²) in [6.07, 6.45) is 0. The molecule has 0 amide bonds. The van der Waals surface area contributed by atoms with Crippen LogP contribution < -0.4 is 5.73 Å². The van der Waals surface area contributed by atoms with Crippen LogP contribution in [0.1, 0.15) is 26.6 Å². The van der Waals surface area contributed by atoms with Crippen LogP contribution in [0.3, 0.4) is 0 Å². The summed E-state index contributed by atoms with van der Waals surface area (Å²) in [5.74, 6) is 0.762. The number of anilines is 1. The van der Waals surface area contributed by atoms with Gasteiger partial charge in [-0.1, -0.05) is 32.9 Å². The first-order valence-electron chi connectivity index (χ1n) is 5.77. The van der Waals surface area contributed by atoms with Gasteiger partial charge in [0, 0.05) is 17.0 Å². The van der Waals surface area contributed by atoms with Crippen molar-refractivity contribution in [3.63, 3.8) is 0 Å². The molecular formula is C14H16FN3. The van der Waals surface area contributed by atoms with Gasteiger partial charge >= 0.3 is 0 Å². The van der Waals surface area contributed by atoms with E-state index in [1.165, 1.54) is 12.1 Å². The van der Waals surface area contributed by atoms with Crippen LogP contribution in [0.15, 0.2) is 30.3 Å². The van der Waals surface area contributed by atoms with Gasteiger partial charge in [-0.2, -0.15) is 0 Å². The minimum atomic E-state index is -0.290. The molecule has 0 fully saturated rings. The summed E-state index contributed by atoms with van der Waals surface area (Å²) >= 11 is 0. The van der Waals surface area contributed by atoms with Crippen molar-refractivity contribution in [2.75, 3.05) is 5.73 Å². The van der Waals surface area contributed by atoms with Crippen molar-refractivity contribution < 1.29 is 4.39 Å². The summed E-state index contributed by atoms with van der Waals surface area (Å²) in [6, 6.07) is 7.95. The van der Waals surface area contributed by atoms with Gasteiger partial charge in [0.15, 0.2) is 0 Å². The van der Waals surface area contributed by atoms with Crippen molar-refractivity contribution in [2.45, 2.75) is 26.2 Å². The zero-order valence-electron chi connectivity index (χ0n) is 10.7. The molecule has 0 unspecified atom stereocenters. The van der Waals surface area contributed by atoms with Crippen molar-refractivity contribution in [3.8, 4) is 11.3 Å². The van der Waals surface area contributed by atoms with Crippen LogP contribution in [0.2, 0.25) is 0 Å². The van der Waals surface area contributed by atoms with E-state index in [-0.39, 0.29) is 11.2 Å². The Hall–Kier alpha value is -1.97. The molecule has 0 spiro atoms. The van der Waals surface area contributed by atoms with E-state index in [4.69, 9.17) is 5.73 Å². The normalized spacial score (nSPS) is 11.6. The summed E-state index contributed by atoms with van der Waals surface area (Å²) < 4.78 is 13.2. The molecule has 2 aromatic rings. The van der Waals surface area contributed by atoms with Gasteiger partial charge in [-0.05, 0) is 12.1 Å². The Bertz CT molecular complexity index is 573. The highest BCUT2D eigenvalue weighted by atomic mass is 19.1. The second-order valence-electron chi connectivity index (χ2n) is 5.26. The second kappa shape index (κ2) is 4.37. The Morgan fingerprint density at radius 3 is 2.44 bits per heavy atom. The van der Waals surface area contributed by atoms with Gasteiger partial charge in [0.2, 0.25) is 0 Å². The molecule has 1 heterocycles. The smallest absolute Gasteiger partial charge is 0.136 e. The summed E-state index contributed by atoms with van der Waals surface area (Å²) in [6.45, 7) is 6.03. The fraction of sp³-hybridized carbons (Fsp3) is 0.286. The van der Waals surface area contributed by atoms with Crippen LogP contribution in [-0.2, 0) is 5.41 Å². The van der Waals surface area contributed by atoms with E-state index >= 15 is 0 Å². The molecule has 0 aliphatic heterocycles. The number of rotatable bonds is 1. The molecule has 4 heteroatoms. The highest BCUT2D eigenvalue weighted by Crippen LogP contribution is 2.24. The number of nitrogens with zero attached hydrogens (tertiary/aromatic N) is 2. The molecule has 0 bridgehead atoms. The van der Waals surface area contributed by atoms with E-state index in [0.717, 1.165) is 0 Å². The van der Waals surface area contributed by atoms with Gasteiger partial charge in [-0.3, -0.25) is 0 Å². The average molecular weight is 245 g/mol. The number of nitrogen functional groups attached to an aromatic ring is 1. The molecule has 0 atom stereocenters. The van der Waals surface area contributed by atoms with E-state index in [0.29, 0.717) is 22.9 Å². The van der Waals surface area contributed by atoms with Gasteiger partial charge in [0.1, 0.15) is 17.5 Å². The SMILES string of the molecule is CC(C)(C)c1nc(N)cc(-c2cccc(F)c2)n1. The Morgan fingerprint density at radius 2 is 1.83 bits per heavy atom. The average Bonchev–Trinajstić information content (AvgIpc) is 2.27. The molecule has 2 N–H and O–H groups in total. The zero-order valence-corrected chi connectivity index (χ0v) is 10.7. The highest BCUT2D eigenvalue weighted by molar-refractivity contribution is 5.61. The molecule has 3 nitrogen and oxygen atoms in total. The molecule has 1 aromatic carbocycles. The van der Waals surface area contributed by atoms with Crippen LogP contribution >= 0.6 is 0 Å². The Morgan fingerprint density at radius 1 is 1.11 bits per heavy atom. The maximum atomic E-state index is 13.2. The lowest BCUT2D eigenvalue weighted by atomic mass is 9.95. The molecule has 2 rings (SSSR count). The molecule has 0 saturated carbocycles. The maximum Gasteiger partial charge on any atom is 0.136 e. The third-order valence-electron chi connectivity index (χ3n) is 2.54. The van der Waals surface area contributed by atoms with Gasteiger partial charge in [0.05, 0.1) is 5.69 Å². The summed E-state index contributed by atoms with van der Waals surface area (Å²) in [4.78, 5) is 8.68. The van der Waals surface area contributed by atoms with E-state index < -0.39 is 0 Å². The van der Waals surface area contributed by atoms with Crippen LogP contribution in [-0.4, -0.2) is 9.97 Å². The van der Waals surface area contributed by atoms with Gasteiger partial charge in [-0.15, -0.1) is 0 Å². The largest absolute Gasteiger partial charge is 0.384 e. The summed E-state index contributed by atoms with van der Waals surface area (Å²) in [5, 5.41) is 0. The van der Waals surface area contributed by atoms with Gasteiger partial charge in [0.25, 0.3) is 0 Å². The number of nitrogens with two attached hydrogens (primary N) is 1. The van der Waals surface area contributed by atoms with Gasteiger partial charge < -0.3 is 5.73 Å². The molecule has 0 radical (unpaired) electrons. The van der Waals surface area contributed by atoms with Crippen molar-refractivity contribution in [3.05, 3.63) is 42.0 Å². The van der Waals surface area contributed by atoms with Crippen LogP contribution in [0.25, 0.3) is 11.3 Å². The van der Waals surface area contributed by atoms with Crippen molar-refractivity contribution in [1.29, 1.82) is 0 Å². The van der Waals surface area contributed by atoms with Crippen molar-refractivity contribution >= 4 is 5.82 Å². The molecule has 1 aromatic heterocycles. The molecular weight excluding hydrogens is 229 g/mol. The topological polar surface area (TPSA) is 51.8 Å². The zero-order chi connectivity index (χ0) is 13.3. The first-order chi connectivity index (χ1) is 8.36. The lowest BCUT2D eigenvalue weighted by molar-refractivity contribution is 0.547. The molecule has 0 saturated heterocycles. The third-order valence-corrected chi connectivity index (χ3v) is 2.54. The first-order valence-corrected chi connectivity index (χ1v) is 5.77. The lowest BCUT2D eigenvalue weighted by Crippen LogP contribution is -2.17. The maximum absolute atomic E-state index is 13.2. The Labute approximate surface area is 106 Å². The Kier molecular flexibility index (Phi) is 3.03. The number of halogens is 1. The fourth-order valence-corrected chi connectivity index (χ4v) is 1.60. The Balaban J connectivity index is 2.55. The monoisotopic (exact) mass is 245 g/mol. The summed E-state index contributed by atoms with van der Waals surface area (Å²) in [5.41, 5.74) is 6.94. The van der Waals surface area contributed by atoms with Gasteiger partial charge in [-0.25, -0.2) is 14.4 Å². The number of aromatic nitrogens is 2. The van der Waals surface area contributed by atoms with Crippen LogP contribution in [0, 0.1) is 5.82 Å². The quantitative estimate of drug-likeness (QED) is 0.839. The summed E-state index contributed by atoms with van der Waals surface area (Å²) in [7, 11) is 0. The van der Waals surface area contributed by atoms with E-state index in [9.17, 15) is 4.39 Å². The number of hydrogen-bond acceptors (Lipinski definition) is 3. The number of hydrogen-bond donors (Lipinski definition) is 1. The highest BCUT2D eigenvalue weighted by Gasteiger charge is 2.19. The molecule has 94 valence electrons. The predicted molar refractivity (Wildman–Crippen MR) is 70.5 cm³/mol. The molecule has 18 heavy (non-hydrogen) atoms. The van der Waals surface area contributed by atoms with E-state index in [2.05, 4.69) is 9.97 Å². The first kappa shape index (κ1) is 12.5. The van der Waals surface area contributed by atoms with Crippen LogP contribution in [0.5, 0.6) is 0 Å². The minimum Gasteiger partial charge on any atom is -0.384 e. The van der Waals surface area contributed by atoms with Crippen LogP contribution in [0.4, 0.5) is 10.2 Å². The van der Waals surface area contributed by atoms with E-state index in [1.54, 1.807) is 18.2 Å². The number of benzene rings is 1. The standard InChI is InChI=1S/C14H16FN3/c1-14(2,3)13-17-11(8-12(16)18-13)9-5-4-6-10(15)7-9/h4-8H,1-3H3,(H2,16,17,18).